The lowest BCUT2D eigenvalue weighted by molar-refractivity contribution is 0.252. The van der Waals surface area contributed by atoms with E-state index in [0.29, 0.717) is 24.6 Å². The van der Waals surface area contributed by atoms with E-state index in [-0.39, 0.29) is 10.3 Å². The van der Waals surface area contributed by atoms with Crippen LogP contribution in [0.1, 0.15) is 38.8 Å². The summed E-state index contributed by atoms with van der Waals surface area (Å²) >= 11 is 3.40. The van der Waals surface area contributed by atoms with Gasteiger partial charge < -0.3 is 5.73 Å². The van der Waals surface area contributed by atoms with Crippen molar-refractivity contribution in [2.75, 3.05) is 6.54 Å². The lowest BCUT2D eigenvalue weighted by atomic mass is 9.81. The van der Waals surface area contributed by atoms with Gasteiger partial charge in [0.25, 0.3) is 0 Å². The molecule has 0 heterocycles. The second-order valence-electron chi connectivity index (χ2n) is 6.37. The van der Waals surface area contributed by atoms with Crippen molar-refractivity contribution in [2.24, 2.45) is 17.1 Å². The van der Waals surface area contributed by atoms with Crippen molar-refractivity contribution in [1.82, 2.24) is 4.72 Å². The SMILES string of the molecule is Cc1c(Br)cc(CN)cc1S(=O)(=O)NCC(C)(C)C(C)C. The van der Waals surface area contributed by atoms with Crippen LogP contribution < -0.4 is 10.5 Å². The average molecular weight is 377 g/mol. The largest absolute Gasteiger partial charge is 0.326 e. The summed E-state index contributed by atoms with van der Waals surface area (Å²) in [6, 6.07) is 3.50. The molecule has 3 N–H and O–H groups in total. The zero-order chi connectivity index (χ0) is 16.4. The molecule has 0 aliphatic rings. The molecule has 0 spiro atoms. The Kier molecular flexibility index (Phi) is 6.00. The van der Waals surface area contributed by atoms with Crippen LogP contribution in [0.4, 0.5) is 0 Å². The standard InChI is InChI=1S/C15H25BrN2O2S/c1-10(2)15(4,5)9-18-21(19,20)14-7-12(8-17)6-13(16)11(14)3/h6-7,10,18H,8-9,17H2,1-5H3. The van der Waals surface area contributed by atoms with Crippen molar-refractivity contribution >= 4 is 26.0 Å². The number of nitrogens with two attached hydrogens (primary N) is 1. The molecule has 1 aromatic carbocycles. The first-order valence-corrected chi connectivity index (χ1v) is 9.27. The van der Waals surface area contributed by atoms with Crippen molar-refractivity contribution in [1.29, 1.82) is 0 Å². The van der Waals surface area contributed by atoms with Gasteiger partial charge in [-0.25, -0.2) is 13.1 Å². The summed E-state index contributed by atoms with van der Waals surface area (Å²) in [6.07, 6.45) is 0. The summed E-state index contributed by atoms with van der Waals surface area (Å²) < 4.78 is 28.6. The molecule has 0 aliphatic heterocycles. The molecule has 0 saturated heterocycles. The maximum Gasteiger partial charge on any atom is 0.240 e. The van der Waals surface area contributed by atoms with Crippen LogP contribution in [0.5, 0.6) is 0 Å². The Morgan fingerprint density at radius 1 is 1.33 bits per heavy atom. The van der Waals surface area contributed by atoms with Gasteiger partial charge in [-0.3, -0.25) is 0 Å². The lowest BCUT2D eigenvalue weighted by Crippen LogP contribution is -2.37. The molecular formula is C15H25BrN2O2S. The molecule has 0 saturated carbocycles. The maximum atomic E-state index is 12.6. The van der Waals surface area contributed by atoms with Crippen LogP contribution in [-0.2, 0) is 16.6 Å². The first-order valence-electron chi connectivity index (χ1n) is 7.00. The van der Waals surface area contributed by atoms with E-state index in [2.05, 4.69) is 48.3 Å². The van der Waals surface area contributed by atoms with Crippen LogP contribution >= 0.6 is 15.9 Å². The van der Waals surface area contributed by atoms with E-state index >= 15 is 0 Å². The van der Waals surface area contributed by atoms with E-state index < -0.39 is 10.0 Å². The van der Waals surface area contributed by atoms with Gasteiger partial charge in [0.15, 0.2) is 0 Å². The molecule has 1 aromatic rings. The first kappa shape index (κ1) is 18.6. The van der Waals surface area contributed by atoms with Crippen molar-refractivity contribution in [2.45, 2.75) is 46.1 Å². The predicted molar refractivity (Wildman–Crippen MR) is 90.6 cm³/mol. The third-order valence-electron chi connectivity index (χ3n) is 4.16. The summed E-state index contributed by atoms with van der Waals surface area (Å²) in [7, 11) is -3.55. The van der Waals surface area contributed by atoms with Crippen LogP contribution in [0.2, 0.25) is 0 Å². The summed E-state index contributed by atoms with van der Waals surface area (Å²) in [5, 5.41) is 0. The number of benzene rings is 1. The fraction of sp³-hybridized carbons (Fsp3) is 0.600. The van der Waals surface area contributed by atoms with E-state index in [0.717, 1.165) is 10.0 Å². The number of hydrogen-bond donors (Lipinski definition) is 2. The first-order chi connectivity index (χ1) is 9.51. The molecule has 0 fully saturated rings. The third kappa shape index (κ3) is 4.52. The highest BCUT2D eigenvalue weighted by molar-refractivity contribution is 9.10. The van der Waals surface area contributed by atoms with Crippen molar-refractivity contribution < 1.29 is 8.42 Å². The normalized spacial score (nSPS) is 13.0. The smallest absolute Gasteiger partial charge is 0.240 e. The van der Waals surface area contributed by atoms with E-state index in [1.54, 1.807) is 13.0 Å². The number of sulfonamides is 1. The Labute approximate surface area is 136 Å². The molecular weight excluding hydrogens is 352 g/mol. The van der Waals surface area contributed by atoms with Gasteiger partial charge in [0.1, 0.15) is 0 Å². The fourth-order valence-electron chi connectivity index (χ4n) is 1.67. The molecule has 1 rings (SSSR count). The molecule has 21 heavy (non-hydrogen) atoms. The lowest BCUT2D eigenvalue weighted by Gasteiger charge is -2.29. The van der Waals surface area contributed by atoms with Crippen LogP contribution in [0.3, 0.4) is 0 Å². The minimum absolute atomic E-state index is 0.107. The Morgan fingerprint density at radius 2 is 1.90 bits per heavy atom. The number of nitrogens with one attached hydrogen (secondary N) is 1. The van der Waals surface area contributed by atoms with E-state index in [1.807, 2.05) is 6.07 Å². The topological polar surface area (TPSA) is 72.2 Å². The number of rotatable bonds is 6. The second kappa shape index (κ2) is 6.77. The molecule has 120 valence electrons. The fourth-order valence-corrected chi connectivity index (χ4v) is 3.84. The second-order valence-corrected chi connectivity index (χ2v) is 8.96. The molecule has 0 aromatic heterocycles. The molecule has 4 nitrogen and oxygen atoms in total. The quantitative estimate of drug-likeness (QED) is 0.800. The van der Waals surface area contributed by atoms with Gasteiger partial charge in [0.05, 0.1) is 4.90 Å². The summed E-state index contributed by atoms with van der Waals surface area (Å²) in [6.45, 7) is 10.8. The number of halogens is 1. The molecule has 0 atom stereocenters. The molecule has 0 bridgehead atoms. The van der Waals surface area contributed by atoms with Gasteiger partial charge >= 0.3 is 0 Å². The molecule has 0 amide bonds. The monoisotopic (exact) mass is 376 g/mol. The minimum atomic E-state index is -3.55. The summed E-state index contributed by atoms with van der Waals surface area (Å²) in [5.74, 6) is 0.378. The highest BCUT2D eigenvalue weighted by atomic mass is 79.9. The van der Waals surface area contributed by atoms with Crippen molar-refractivity contribution in [3.05, 3.63) is 27.7 Å². The Morgan fingerprint density at radius 3 is 2.38 bits per heavy atom. The Hall–Kier alpha value is -0.430. The average Bonchev–Trinajstić information content (AvgIpc) is 2.39. The minimum Gasteiger partial charge on any atom is -0.326 e. The van der Waals surface area contributed by atoms with Gasteiger partial charge in [-0.15, -0.1) is 0 Å². The highest BCUT2D eigenvalue weighted by Crippen LogP contribution is 2.28. The van der Waals surface area contributed by atoms with Gasteiger partial charge in [-0.2, -0.15) is 0 Å². The molecule has 0 unspecified atom stereocenters. The summed E-state index contributed by atoms with van der Waals surface area (Å²) in [4.78, 5) is 0.289. The molecule has 0 radical (unpaired) electrons. The Balaban J connectivity index is 3.12. The van der Waals surface area contributed by atoms with Crippen LogP contribution in [0.15, 0.2) is 21.5 Å². The predicted octanol–water partition coefficient (Wildman–Crippen LogP) is 3.18. The van der Waals surface area contributed by atoms with Crippen LogP contribution in [-0.4, -0.2) is 15.0 Å². The van der Waals surface area contributed by atoms with Gasteiger partial charge in [0.2, 0.25) is 10.0 Å². The van der Waals surface area contributed by atoms with Gasteiger partial charge in [0, 0.05) is 17.6 Å². The van der Waals surface area contributed by atoms with Gasteiger partial charge in [-0.1, -0.05) is 43.6 Å². The maximum absolute atomic E-state index is 12.6. The van der Waals surface area contributed by atoms with E-state index in [9.17, 15) is 8.42 Å². The van der Waals surface area contributed by atoms with E-state index in [4.69, 9.17) is 5.73 Å². The van der Waals surface area contributed by atoms with Crippen LogP contribution in [0.25, 0.3) is 0 Å². The highest BCUT2D eigenvalue weighted by Gasteiger charge is 2.26. The third-order valence-corrected chi connectivity index (χ3v) is 6.51. The van der Waals surface area contributed by atoms with Crippen molar-refractivity contribution in [3.8, 4) is 0 Å². The Bertz CT molecular complexity index is 610. The molecule has 0 aliphatic carbocycles. The zero-order valence-corrected chi connectivity index (χ0v) is 15.7. The number of hydrogen-bond acceptors (Lipinski definition) is 3. The van der Waals surface area contributed by atoms with Crippen molar-refractivity contribution in [3.63, 3.8) is 0 Å². The van der Waals surface area contributed by atoms with E-state index in [1.165, 1.54) is 0 Å². The molecule has 6 heteroatoms. The van der Waals surface area contributed by atoms with Crippen LogP contribution in [0, 0.1) is 18.3 Å². The van der Waals surface area contributed by atoms with Gasteiger partial charge in [-0.05, 0) is 41.5 Å². The summed E-state index contributed by atoms with van der Waals surface area (Å²) in [5.41, 5.74) is 7.00. The zero-order valence-electron chi connectivity index (χ0n) is 13.3.